The van der Waals surface area contributed by atoms with Gasteiger partial charge in [-0.1, -0.05) is 42.5 Å². The van der Waals surface area contributed by atoms with Gasteiger partial charge in [0.15, 0.2) is 0 Å². The Bertz CT molecular complexity index is 1330. The minimum atomic E-state index is -0.805. The van der Waals surface area contributed by atoms with E-state index >= 15 is 0 Å². The molecule has 8 heteroatoms. The molecule has 3 heterocycles. The summed E-state index contributed by atoms with van der Waals surface area (Å²) >= 11 is 1.61. The SMILES string of the molecule is C=CCCCCOC(=O)[C@@H]1[C@H]2C(=O)N(CCO)C(C(=O)N(CC=C)c3ccc4ccccc4c3)C23CC[C@@]1(C)S3. The molecule has 0 radical (unpaired) electrons. The Morgan fingerprint density at radius 2 is 1.93 bits per heavy atom. The highest BCUT2D eigenvalue weighted by atomic mass is 32.2. The van der Waals surface area contributed by atoms with Gasteiger partial charge in [0.05, 0.1) is 29.8 Å². The van der Waals surface area contributed by atoms with Crippen LogP contribution in [0.1, 0.15) is 39.0 Å². The molecule has 5 rings (SSSR count). The number of thioether (sulfide) groups is 1. The lowest BCUT2D eigenvalue weighted by atomic mass is 9.66. The Morgan fingerprint density at radius 3 is 2.65 bits per heavy atom. The van der Waals surface area contributed by atoms with Crippen molar-refractivity contribution in [2.75, 3.05) is 31.2 Å². The van der Waals surface area contributed by atoms with Crippen LogP contribution in [0.15, 0.2) is 67.8 Å². The summed E-state index contributed by atoms with van der Waals surface area (Å²) in [6, 6.07) is 13.0. The van der Waals surface area contributed by atoms with Crippen molar-refractivity contribution in [2.45, 2.75) is 54.6 Å². The Balaban J connectivity index is 1.49. The molecule has 0 aliphatic carbocycles. The van der Waals surface area contributed by atoms with Gasteiger partial charge < -0.3 is 19.6 Å². The fourth-order valence-corrected chi connectivity index (χ4v) is 9.35. The first-order valence-corrected chi connectivity index (χ1v) is 14.9. The molecule has 2 aromatic rings. The molecule has 3 aliphatic rings. The smallest absolute Gasteiger partial charge is 0.311 e. The number of amides is 2. The molecule has 7 nitrogen and oxygen atoms in total. The maximum atomic E-state index is 14.5. The zero-order valence-corrected chi connectivity index (χ0v) is 23.9. The van der Waals surface area contributed by atoms with Gasteiger partial charge in [-0.25, -0.2) is 0 Å². The van der Waals surface area contributed by atoms with Crippen molar-refractivity contribution in [3.8, 4) is 0 Å². The number of carbonyl (C=O) groups excluding carboxylic acids is 3. The highest BCUT2D eigenvalue weighted by Crippen LogP contribution is 2.71. The number of unbranched alkanes of at least 4 members (excludes halogenated alkanes) is 2. The summed E-state index contributed by atoms with van der Waals surface area (Å²) in [7, 11) is 0. The molecule has 3 aliphatic heterocycles. The number of rotatable bonds is 12. The van der Waals surface area contributed by atoms with Crippen molar-refractivity contribution in [2.24, 2.45) is 11.8 Å². The number of hydrogen-bond acceptors (Lipinski definition) is 6. The number of β-amino-alcohol motifs (C(OH)–C–C–N with tert-alkyl or cyclic N) is 1. The monoisotopic (exact) mass is 562 g/mol. The Morgan fingerprint density at radius 1 is 1.15 bits per heavy atom. The van der Waals surface area contributed by atoms with Crippen molar-refractivity contribution in [3.05, 3.63) is 67.8 Å². The van der Waals surface area contributed by atoms with Gasteiger partial charge in [0.2, 0.25) is 5.91 Å². The number of nitrogens with zero attached hydrogens (tertiary/aromatic N) is 2. The maximum Gasteiger partial charge on any atom is 0.311 e. The van der Waals surface area contributed by atoms with E-state index in [1.54, 1.807) is 22.7 Å². The molecule has 5 atom stereocenters. The molecule has 1 N–H and O–H groups in total. The lowest BCUT2D eigenvalue weighted by molar-refractivity contribution is -0.155. The van der Waals surface area contributed by atoms with Gasteiger partial charge in [-0.3, -0.25) is 14.4 Å². The number of aliphatic hydroxyl groups is 1. The van der Waals surface area contributed by atoms with Gasteiger partial charge in [0, 0.05) is 23.5 Å². The minimum Gasteiger partial charge on any atom is -0.465 e. The summed E-state index contributed by atoms with van der Waals surface area (Å²) < 4.78 is 4.46. The molecular formula is C32H38N2O5S. The molecule has 2 unspecified atom stereocenters. The third-order valence-electron chi connectivity index (χ3n) is 8.77. The van der Waals surface area contributed by atoms with Gasteiger partial charge in [-0.15, -0.1) is 24.9 Å². The van der Waals surface area contributed by atoms with Crippen molar-refractivity contribution in [3.63, 3.8) is 0 Å². The van der Waals surface area contributed by atoms with Crippen LogP contribution in [-0.2, 0) is 19.1 Å². The summed E-state index contributed by atoms with van der Waals surface area (Å²) in [6.07, 6.45) is 7.36. The molecule has 2 amide bonds. The van der Waals surface area contributed by atoms with E-state index in [1.165, 1.54) is 4.90 Å². The lowest BCUT2D eigenvalue weighted by Gasteiger charge is -2.37. The molecule has 40 heavy (non-hydrogen) atoms. The number of esters is 1. The number of hydrogen-bond donors (Lipinski definition) is 1. The Hall–Kier alpha value is -3.10. The average Bonchev–Trinajstić information content (AvgIpc) is 3.52. The van der Waals surface area contributed by atoms with E-state index in [-0.39, 0.29) is 37.5 Å². The van der Waals surface area contributed by atoms with E-state index < -0.39 is 27.4 Å². The second-order valence-corrected chi connectivity index (χ2v) is 13.1. The zero-order valence-electron chi connectivity index (χ0n) is 23.1. The molecule has 0 saturated carbocycles. The number of fused-ring (bicyclic) bond motifs is 2. The lowest BCUT2D eigenvalue weighted by Crippen LogP contribution is -2.55. The molecule has 2 bridgehead atoms. The number of carbonyl (C=O) groups is 3. The standard InChI is InChI=1S/C32H38N2O5S/c1-4-6-7-10-20-39-30(38)26-25-28(36)34(18-19-35)27(32(25)16-15-31(26,3)40-32)29(37)33(17-5-2)24-14-13-22-11-8-9-12-23(22)21-24/h4-5,8-9,11-14,21,25-27,35H,1-2,6-7,10,15-20H2,3H3/t25-,26-,27?,31+,32?/m0/s1. The van der Waals surface area contributed by atoms with E-state index in [0.717, 1.165) is 35.7 Å². The van der Waals surface area contributed by atoms with Gasteiger partial charge in [0.1, 0.15) is 6.04 Å². The van der Waals surface area contributed by atoms with E-state index in [2.05, 4.69) is 13.2 Å². The van der Waals surface area contributed by atoms with Crippen molar-refractivity contribution >= 4 is 46.0 Å². The summed E-state index contributed by atoms with van der Waals surface area (Å²) in [5, 5.41) is 12.0. The predicted octanol–water partition coefficient (Wildman–Crippen LogP) is 4.73. The van der Waals surface area contributed by atoms with Gasteiger partial charge in [0.25, 0.3) is 5.91 Å². The second kappa shape index (κ2) is 11.4. The van der Waals surface area contributed by atoms with Crippen LogP contribution < -0.4 is 4.90 Å². The summed E-state index contributed by atoms with van der Waals surface area (Å²) in [5.41, 5.74) is 0.721. The first kappa shape index (κ1) is 28.4. The Kier molecular flexibility index (Phi) is 8.11. The number of ether oxygens (including phenoxy) is 1. The van der Waals surface area contributed by atoms with E-state index in [4.69, 9.17) is 4.74 Å². The summed E-state index contributed by atoms with van der Waals surface area (Å²) in [4.78, 5) is 45.3. The average molecular weight is 563 g/mol. The van der Waals surface area contributed by atoms with Crippen LogP contribution in [0.25, 0.3) is 10.8 Å². The van der Waals surface area contributed by atoms with Crippen LogP contribution >= 0.6 is 11.8 Å². The summed E-state index contributed by atoms with van der Waals surface area (Å²) in [5.74, 6) is -2.11. The quantitative estimate of drug-likeness (QED) is 0.229. The molecule has 3 fully saturated rings. The van der Waals surface area contributed by atoms with Crippen LogP contribution in [0, 0.1) is 11.8 Å². The third-order valence-corrected chi connectivity index (χ3v) is 10.8. The largest absolute Gasteiger partial charge is 0.465 e. The second-order valence-electron chi connectivity index (χ2n) is 11.2. The van der Waals surface area contributed by atoms with Crippen LogP contribution in [-0.4, -0.2) is 69.6 Å². The van der Waals surface area contributed by atoms with E-state index in [9.17, 15) is 19.5 Å². The predicted molar refractivity (Wildman–Crippen MR) is 159 cm³/mol. The van der Waals surface area contributed by atoms with Crippen LogP contribution in [0.5, 0.6) is 0 Å². The molecule has 3 saturated heterocycles. The molecular weight excluding hydrogens is 524 g/mol. The molecule has 212 valence electrons. The van der Waals surface area contributed by atoms with Crippen LogP contribution in [0.2, 0.25) is 0 Å². The zero-order chi connectivity index (χ0) is 28.5. The van der Waals surface area contributed by atoms with Crippen molar-refractivity contribution < 1.29 is 24.2 Å². The van der Waals surface area contributed by atoms with Gasteiger partial charge in [-0.05, 0) is 61.9 Å². The number of aliphatic hydroxyl groups excluding tert-OH is 1. The minimum absolute atomic E-state index is 0.0355. The number of anilines is 1. The van der Waals surface area contributed by atoms with Crippen LogP contribution in [0.4, 0.5) is 5.69 Å². The highest BCUT2D eigenvalue weighted by molar-refractivity contribution is 8.02. The maximum absolute atomic E-state index is 14.5. The first-order chi connectivity index (χ1) is 19.3. The van der Waals surface area contributed by atoms with Crippen molar-refractivity contribution in [1.29, 1.82) is 0 Å². The van der Waals surface area contributed by atoms with E-state index in [0.29, 0.717) is 19.4 Å². The normalized spacial score (nSPS) is 28.5. The number of likely N-dealkylation sites (tertiary alicyclic amines) is 1. The molecule has 0 aromatic heterocycles. The first-order valence-electron chi connectivity index (χ1n) is 14.1. The summed E-state index contributed by atoms with van der Waals surface area (Å²) in [6.45, 7) is 9.99. The van der Waals surface area contributed by atoms with Crippen molar-refractivity contribution in [1.82, 2.24) is 4.90 Å². The van der Waals surface area contributed by atoms with E-state index in [1.807, 2.05) is 55.5 Å². The number of allylic oxidation sites excluding steroid dienone is 1. The topological polar surface area (TPSA) is 87.1 Å². The van der Waals surface area contributed by atoms with Crippen LogP contribution in [0.3, 0.4) is 0 Å². The van der Waals surface area contributed by atoms with Gasteiger partial charge in [-0.2, -0.15) is 0 Å². The fraction of sp³-hybridized carbons (Fsp3) is 0.469. The third kappa shape index (κ3) is 4.65. The fourth-order valence-electron chi connectivity index (χ4n) is 7.01. The number of benzene rings is 2. The molecule has 1 spiro atoms. The van der Waals surface area contributed by atoms with Gasteiger partial charge >= 0.3 is 5.97 Å². The molecule has 2 aromatic carbocycles. The highest BCUT2D eigenvalue weighted by Gasteiger charge is 2.77. The Labute approximate surface area is 240 Å².